The van der Waals surface area contributed by atoms with E-state index in [0.717, 1.165) is 35.8 Å². The molecule has 1 saturated heterocycles. The van der Waals surface area contributed by atoms with Gasteiger partial charge in [-0.15, -0.1) is 0 Å². The van der Waals surface area contributed by atoms with Crippen molar-refractivity contribution in [3.63, 3.8) is 0 Å². The summed E-state index contributed by atoms with van der Waals surface area (Å²) in [6, 6.07) is 27.6. The van der Waals surface area contributed by atoms with E-state index in [1.807, 2.05) is 72.8 Å². The molecule has 0 bridgehead atoms. The number of anilines is 1. The number of para-hydroxylation sites is 1. The third-order valence-corrected chi connectivity index (χ3v) is 4.91. The number of amidine groups is 1. The van der Waals surface area contributed by atoms with Gasteiger partial charge in [0.2, 0.25) is 0 Å². The van der Waals surface area contributed by atoms with Gasteiger partial charge >= 0.3 is 0 Å². The first-order chi connectivity index (χ1) is 15.3. The van der Waals surface area contributed by atoms with Gasteiger partial charge in [0.15, 0.2) is 0 Å². The van der Waals surface area contributed by atoms with E-state index in [9.17, 15) is 5.11 Å². The van der Waals surface area contributed by atoms with E-state index in [0.29, 0.717) is 18.9 Å². The Bertz CT molecular complexity index is 962. The summed E-state index contributed by atoms with van der Waals surface area (Å²) in [5.41, 5.74) is 5.51. The first kappa shape index (κ1) is 20.8. The summed E-state index contributed by atoms with van der Waals surface area (Å²) >= 11 is 0. The van der Waals surface area contributed by atoms with Crippen LogP contribution in [0.4, 0.5) is 5.69 Å². The van der Waals surface area contributed by atoms with Gasteiger partial charge in [-0.1, -0.05) is 48.5 Å². The summed E-state index contributed by atoms with van der Waals surface area (Å²) in [4.78, 5) is 4.49. The summed E-state index contributed by atoms with van der Waals surface area (Å²) in [7, 11) is 0. The number of aliphatic imine (C=N–C) groups is 1. The van der Waals surface area contributed by atoms with Crippen LogP contribution in [0, 0.1) is 0 Å². The summed E-state index contributed by atoms with van der Waals surface area (Å²) < 4.78 is 11.5. The van der Waals surface area contributed by atoms with E-state index >= 15 is 0 Å². The van der Waals surface area contributed by atoms with Gasteiger partial charge in [-0.25, -0.2) is 0 Å². The van der Waals surface area contributed by atoms with E-state index in [1.54, 1.807) is 0 Å². The van der Waals surface area contributed by atoms with Gasteiger partial charge in [0.05, 0.1) is 12.2 Å². The van der Waals surface area contributed by atoms with Gasteiger partial charge in [0, 0.05) is 13.0 Å². The minimum absolute atomic E-state index is 0.184. The number of hydrogen-bond acceptors (Lipinski definition) is 5. The lowest BCUT2D eigenvalue weighted by Crippen LogP contribution is -2.33. The molecule has 31 heavy (non-hydrogen) atoms. The second-order valence-electron chi connectivity index (χ2n) is 7.35. The topological polar surface area (TPSA) is 66.3 Å². The summed E-state index contributed by atoms with van der Waals surface area (Å²) in [5.74, 6) is 2.34. The Morgan fingerprint density at radius 1 is 0.871 bits per heavy atom. The minimum Gasteiger partial charge on any atom is -0.491 e. The van der Waals surface area contributed by atoms with Crippen LogP contribution in [0.3, 0.4) is 0 Å². The Morgan fingerprint density at radius 2 is 1.52 bits per heavy atom. The molecular weight excluding hydrogens is 390 g/mol. The maximum Gasteiger partial charge on any atom is 0.120 e. The minimum atomic E-state index is -0.672. The van der Waals surface area contributed by atoms with Gasteiger partial charge in [0.25, 0.3) is 0 Å². The normalized spacial score (nSPS) is 15.5. The Hall–Kier alpha value is -3.51. The molecule has 0 aromatic heterocycles. The largest absolute Gasteiger partial charge is 0.491 e. The van der Waals surface area contributed by atoms with E-state index in [4.69, 9.17) is 9.47 Å². The fourth-order valence-electron chi connectivity index (χ4n) is 3.23. The zero-order valence-electron chi connectivity index (χ0n) is 17.4. The van der Waals surface area contributed by atoms with E-state index < -0.39 is 6.10 Å². The number of aliphatic hydroxyl groups is 1. The second kappa shape index (κ2) is 10.5. The number of aliphatic hydroxyl groups excluding tert-OH is 1. The highest BCUT2D eigenvalue weighted by Crippen LogP contribution is 2.19. The van der Waals surface area contributed by atoms with Crippen LogP contribution < -0.4 is 19.9 Å². The molecule has 3 aromatic rings. The highest BCUT2D eigenvalue weighted by Gasteiger charge is 2.17. The molecule has 0 amide bonds. The van der Waals surface area contributed by atoms with Crippen LogP contribution in [0.1, 0.15) is 12.0 Å². The Labute approximate surface area is 182 Å². The molecule has 1 atom stereocenters. The summed E-state index contributed by atoms with van der Waals surface area (Å²) in [6.45, 7) is 1.86. The first-order valence-corrected chi connectivity index (χ1v) is 10.5. The van der Waals surface area contributed by atoms with Crippen molar-refractivity contribution in [1.82, 2.24) is 5.43 Å². The van der Waals surface area contributed by atoms with Crippen LogP contribution in [-0.2, 0) is 6.61 Å². The van der Waals surface area contributed by atoms with Crippen LogP contribution in [0.25, 0.3) is 0 Å². The number of hydrazine groups is 1. The molecule has 1 fully saturated rings. The van der Waals surface area contributed by atoms with Crippen LogP contribution in [0.5, 0.6) is 11.5 Å². The molecule has 6 heteroatoms. The summed E-state index contributed by atoms with van der Waals surface area (Å²) in [5, 5.41) is 12.3. The third-order valence-electron chi connectivity index (χ3n) is 4.91. The number of rotatable bonds is 9. The van der Waals surface area contributed by atoms with Crippen LogP contribution in [-0.4, -0.2) is 36.7 Å². The monoisotopic (exact) mass is 417 g/mol. The maximum atomic E-state index is 10.2. The molecule has 0 spiro atoms. The predicted molar refractivity (Wildman–Crippen MR) is 123 cm³/mol. The van der Waals surface area contributed by atoms with Gasteiger partial charge in [-0.05, 0) is 42.0 Å². The molecule has 1 heterocycles. The van der Waals surface area contributed by atoms with Crippen molar-refractivity contribution >= 4 is 11.5 Å². The molecule has 1 unspecified atom stereocenters. The average molecular weight is 418 g/mol. The zero-order chi connectivity index (χ0) is 21.3. The SMILES string of the molecule is OC(CN=C1CCN(c2ccccc2)N1)COc1ccc(OCc2ccccc2)cc1. The zero-order valence-corrected chi connectivity index (χ0v) is 17.4. The molecular formula is C25H27N3O3. The molecule has 0 aliphatic carbocycles. The van der Waals surface area contributed by atoms with Crippen LogP contribution >= 0.6 is 0 Å². The van der Waals surface area contributed by atoms with E-state index in [1.165, 1.54) is 0 Å². The van der Waals surface area contributed by atoms with Crippen molar-refractivity contribution in [2.75, 3.05) is 24.7 Å². The van der Waals surface area contributed by atoms with E-state index in [-0.39, 0.29) is 6.61 Å². The molecule has 160 valence electrons. The van der Waals surface area contributed by atoms with Crippen molar-refractivity contribution in [2.24, 2.45) is 4.99 Å². The molecule has 0 radical (unpaired) electrons. The quantitative estimate of drug-likeness (QED) is 0.554. The Kier molecular flexibility index (Phi) is 7.03. The van der Waals surface area contributed by atoms with Crippen molar-refractivity contribution < 1.29 is 14.6 Å². The fraction of sp³-hybridized carbons (Fsp3) is 0.240. The van der Waals surface area contributed by atoms with Crippen molar-refractivity contribution in [2.45, 2.75) is 19.1 Å². The van der Waals surface area contributed by atoms with Crippen molar-refractivity contribution in [3.05, 3.63) is 90.5 Å². The highest BCUT2D eigenvalue weighted by atomic mass is 16.5. The van der Waals surface area contributed by atoms with Gasteiger partial charge < -0.3 is 14.6 Å². The van der Waals surface area contributed by atoms with Crippen LogP contribution in [0.15, 0.2) is 89.9 Å². The molecule has 6 nitrogen and oxygen atoms in total. The number of hydrogen-bond donors (Lipinski definition) is 2. The predicted octanol–water partition coefficient (Wildman–Crippen LogP) is 3.82. The lowest BCUT2D eigenvalue weighted by Gasteiger charge is -2.17. The average Bonchev–Trinajstić information content (AvgIpc) is 3.31. The molecule has 0 saturated carbocycles. The first-order valence-electron chi connectivity index (χ1n) is 10.5. The molecule has 2 N–H and O–H groups in total. The lowest BCUT2D eigenvalue weighted by atomic mass is 10.2. The summed E-state index contributed by atoms with van der Waals surface area (Å²) in [6.07, 6.45) is 0.154. The Balaban J connectivity index is 1.18. The van der Waals surface area contributed by atoms with Gasteiger partial charge in [-0.3, -0.25) is 15.4 Å². The highest BCUT2D eigenvalue weighted by molar-refractivity contribution is 5.86. The number of ether oxygens (including phenoxy) is 2. The standard InChI is InChI=1S/C25H27N3O3/c29-22(17-26-25-15-16-28(27-25)21-9-5-2-6-10-21)19-31-24-13-11-23(12-14-24)30-18-20-7-3-1-4-8-20/h1-14,22,29H,15-19H2,(H,26,27). The second-order valence-corrected chi connectivity index (χ2v) is 7.35. The lowest BCUT2D eigenvalue weighted by molar-refractivity contribution is 0.114. The van der Waals surface area contributed by atoms with Crippen molar-refractivity contribution in [1.29, 1.82) is 0 Å². The maximum absolute atomic E-state index is 10.2. The number of nitrogens with zero attached hydrogens (tertiary/aromatic N) is 2. The Morgan fingerprint density at radius 3 is 2.23 bits per heavy atom. The molecule has 3 aromatic carbocycles. The van der Waals surface area contributed by atoms with E-state index in [2.05, 4.69) is 27.6 Å². The third kappa shape index (κ3) is 6.23. The smallest absolute Gasteiger partial charge is 0.120 e. The number of nitrogens with one attached hydrogen (secondary N) is 1. The van der Waals surface area contributed by atoms with Gasteiger partial charge in [0.1, 0.15) is 36.7 Å². The molecule has 1 aliphatic rings. The van der Waals surface area contributed by atoms with Gasteiger partial charge in [-0.2, -0.15) is 0 Å². The number of benzene rings is 3. The van der Waals surface area contributed by atoms with Crippen LogP contribution in [0.2, 0.25) is 0 Å². The molecule has 1 aliphatic heterocycles. The molecule has 4 rings (SSSR count). The fourth-order valence-corrected chi connectivity index (χ4v) is 3.23. The van der Waals surface area contributed by atoms with Crippen molar-refractivity contribution in [3.8, 4) is 11.5 Å².